The van der Waals surface area contributed by atoms with Gasteiger partial charge in [0, 0.05) is 12.7 Å². The maximum absolute atomic E-state index is 10.2. The van der Waals surface area contributed by atoms with Gasteiger partial charge < -0.3 is 10.2 Å². The number of phenolic OH excluding ortho intramolecular Hbond substituents is 1. The Balaban J connectivity index is 0.00000151. The molecule has 0 heterocycles. The third-order valence-electron chi connectivity index (χ3n) is 4.32. The van der Waals surface area contributed by atoms with Crippen LogP contribution in [0.5, 0.6) is 5.75 Å². The fourth-order valence-corrected chi connectivity index (χ4v) is 2.95. The zero-order valence-corrected chi connectivity index (χ0v) is 16.5. The first-order valence-electron chi connectivity index (χ1n) is 8.39. The van der Waals surface area contributed by atoms with Crippen LogP contribution < -0.4 is 0 Å². The lowest BCUT2D eigenvalue weighted by molar-refractivity contribution is -0.265. The molecule has 1 aromatic carbocycles. The monoisotopic (exact) mass is 368 g/mol. The molecule has 1 aliphatic rings. The van der Waals surface area contributed by atoms with Gasteiger partial charge in [0.1, 0.15) is 12.4 Å². The normalized spacial score (nSPS) is 13.2. The molecule has 0 bridgehead atoms. The van der Waals surface area contributed by atoms with Gasteiger partial charge in [0.2, 0.25) is 0 Å². The summed E-state index contributed by atoms with van der Waals surface area (Å²) >= 11 is 6.20. The molecule has 0 saturated carbocycles. The highest BCUT2D eigenvalue weighted by Gasteiger charge is 2.28. The van der Waals surface area contributed by atoms with Crippen LogP contribution in [0, 0.1) is 6.92 Å². The molecular formula is C20H29ClO4. The van der Waals surface area contributed by atoms with Crippen molar-refractivity contribution in [2.75, 3.05) is 20.8 Å². The fraction of sp³-hybridized carbons (Fsp3) is 0.500. The van der Waals surface area contributed by atoms with Crippen LogP contribution in [0.3, 0.4) is 0 Å². The molecular weight excluding hydrogens is 340 g/mol. The summed E-state index contributed by atoms with van der Waals surface area (Å²) in [5, 5.41) is 17.8. The highest BCUT2D eigenvalue weighted by atomic mass is 35.5. The van der Waals surface area contributed by atoms with Gasteiger partial charge in [-0.3, -0.25) is 0 Å². The standard InChI is InChI=1S/C19H25ClO3.CH4O/c1-12(6-5-7-13(2)11-23-22-4)8-9-15-17-10-16(17)14(3)18(20)19(15)21;1-2/h7-8,21H,5-6,9-11H2,1-4H3;2H,1H3/b12-8+,13-7+;. The largest absolute Gasteiger partial charge is 0.506 e. The van der Waals surface area contributed by atoms with Crippen LogP contribution in [0.1, 0.15) is 48.9 Å². The highest BCUT2D eigenvalue weighted by molar-refractivity contribution is 6.33. The molecule has 5 heteroatoms. The van der Waals surface area contributed by atoms with Gasteiger partial charge in [-0.05, 0) is 68.7 Å². The van der Waals surface area contributed by atoms with Gasteiger partial charge in [-0.15, -0.1) is 0 Å². The predicted octanol–water partition coefficient (Wildman–Crippen LogP) is 4.66. The Kier molecular flexibility index (Phi) is 9.22. The molecule has 0 unspecified atom stereocenters. The van der Waals surface area contributed by atoms with E-state index in [9.17, 15) is 5.11 Å². The molecule has 1 aromatic rings. The Bertz CT molecular complexity index is 648. The lowest BCUT2D eigenvalue weighted by Gasteiger charge is -2.07. The van der Waals surface area contributed by atoms with Crippen molar-refractivity contribution in [3.05, 3.63) is 50.6 Å². The second kappa shape index (κ2) is 10.6. The van der Waals surface area contributed by atoms with Crippen molar-refractivity contribution >= 4 is 11.6 Å². The summed E-state index contributed by atoms with van der Waals surface area (Å²) < 4.78 is 0. The number of fused-ring (bicyclic) bond motifs is 1. The van der Waals surface area contributed by atoms with Gasteiger partial charge in [0.25, 0.3) is 0 Å². The van der Waals surface area contributed by atoms with E-state index in [0.29, 0.717) is 11.6 Å². The number of benzene rings is 1. The van der Waals surface area contributed by atoms with Crippen LogP contribution in [0.2, 0.25) is 5.02 Å². The molecule has 4 nitrogen and oxygen atoms in total. The molecule has 0 saturated heterocycles. The van der Waals surface area contributed by atoms with Crippen molar-refractivity contribution < 1.29 is 20.0 Å². The molecule has 0 radical (unpaired) electrons. The molecule has 0 spiro atoms. The van der Waals surface area contributed by atoms with E-state index in [1.165, 1.54) is 23.8 Å². The summed E-state index contributed by atoms with van der Waals surface area (Å²) in [7, 11) is 2.51. The molecule has 0 aromatic heterocycles. The summed E-state index contributed by atoms with van der Waals surface area (Å²) in [5.41, 5.74) is 7.09. The summed E-state index contributed by atoms with van der Waals surface area (Å²) in [4.78, 5) is 9.47. The summed E-state index contributed by atoms with van der Waals surface area (Å²) in [6.45, 7) is 6.63. The Hall–Kier alpha value is -1.33. The number of aromatic hydroxyl groups is 1. The first kappa shape index (κ1) is 21.7. The van der Waals surface area contributed by atoms with Crippen LogP contribution in [0.4, 0.5) is 0 Å². The molecule has 25 heavy (non-hydrogen) atoms. The molecule has 1 aliphatic carbocycles. The van der Waals surface area contributed by atoms with Gasteiger partial charge in [-0.25, -0.2) is 9.78 Å². The van der Waals surface area contributed by atoms with E-state index in [4.69, 9.17) is 21.6 Å². The maximum atomic E-state index is 10.2. The first-order valence-corrected chi connectivity index (χ1v) is 8.76. The summed E-state index contributed by atoms with van der Waals surface area (Å²) in [6.07, 6.45) is 8.03. The van der Waals surface area contributed by atoms with Gasteiger partial charge in [-0.2, -0.15) is 0 Å². The molecule has 0 atom stereocenters. The SMILES string of the molecule is CO.COOC/C(C)=C/CC/C(C)=C/Cc1c(O)c(Cl)c(C)c2c1C2. The topological polar surface area (TPSA) is 58.9 Å². The van der Waals surface area contributed by atoms with Crippen LogP contribution in [-0.2, 0) is 22.6 Å². The van der Waals surface area contributed by atoms with Crippen molar-refractivity contribution in [1.29, 1.82) is 0 Å². The van der Waals surface area contributed by atoms with E-state index in [2.05, 4.69) is 24.0 Å². The van der Waals surface area contributed by atoms with Gasteiger partial charge in [-0.1, -0.05) is 29.3 Å². The highest BCUT2D eigenvalue weighted by Crippen LogP contribution is 2.45. The minimum absolute atomic E-state index is 0.261. The average molecular weight is 369 g/mol. The van der Waals surface area contributed by atoms with Crippen molar-refractivity contribution in [2.45, 2.75) is 46.5 Å². The summed E-state index contributed by atoms with van der Waals surface area (Å²) in [5.74, 6) is 0.261. The summed E-state index contributed by atoms with van der Waals surface area (Å²) in [6, 6.07) is 0. The Labute approximate surface area is 155 Å². The predicted molar refractivity (Wildman–Crippen MR) is 102 cm³/mol. The quantitative estimate of drug-likeness (QED) is 0.404. The van der Waals surface area contributed by atoms with Crippen LogP contribution in [0.15, 0.2) is 23.3 Å². The Morgan fingerprint density at radius 3 is 2.48 bits per heavy atom. The molecule has 2 rings (SSSR count). The van der Waals surface area contributed by atoms with E-state index < -0.39 is 0 Å². The Morgan fingerprint density at radius 2 is 1.84 bits per heavy atom. The zero-order valence-electron chi connectivity index (χ0n) is 15.8. The smallest absolute Gasteiger partial charge is 0.138 e. The molecule has 0 aliphatic heterocycles. The third-order valence-corrected chi connectivity index (χ3v) is 4.79. The zero-order chi connectivity index (χ0) is 19.0. The minimum atomic E-state index is 0.261. The van der Waals surface area contributed by atoms with E-state index in [-0.39, 0.29) is 5.75 Å². The van der Waals surface area contributed by atoms with Crippen molar-refractivity contribution in [1.82, 2.24) is 0 Å². The number of phenols is 1. The van der Waals surface area contributed by atoms with Crippen molar-refractivity contribution in [3.8, 4) is 5.75 Å². The van der Waals surface area contributed by atoms with Gasteiger partial charge in [0.05, 0.1) is 12.1 Å². The van der Waals surface area contributed by atoms with Crippen molar-refractivity contribution in [2.24, 2.45) is 0 Å². The fourth-order valence-electron chi connectivity index (χ4n) is 2.72. The van der Waals surface area contributed by atoms with E-state index in [0.717, 1.165) is 49.5 Å². The van der Waals surface area contributed by atoms with E-state index >= 15 is 0 Å². The third kappa shape index (κ3) is 6.15. The van der Waals surface area contributed by atoms with Crippen LogP contribution in [0.25, 0.3) is 0 Å². The lowest BCUT2D eigenvalue weighted by atomic mass is 10.0. The number of allylic oxidation sites excluding steroid dienone is 3. The van der Waals surface area contributed by atoms with Crippen molar-refractivity contribution in [3.63, 3.8) is 0 Å². The second-order valence-electron chi connectivity index (χ2n) is 6.17. The lowest BCUT2D eigenvalue weighted by Crippen LogP contribution is -1.94. The minimum Gasteiger partial charge on any atom is -0.506 e. The molecule has 0 fully saturated rings. The van der Waals surface area contributed by atoms with Gasteiger partial charge in [0.15, 0.2) is 0 Å². The molecule has 140 valence electrons. The van der Waals surface area contributed by atoms with E-state index in [1.807, 2.05) is 13.8 Å². The molecule has 2 N–H and O–H groups in total. The number of aliphatic hydroxyl groups is 1. The van der Waals surface area contributed by atoms with Crippen LogP contribution >= 0.6 is 11.6 Å². The van der Waals surface area contributed by atoms with Gasteiger partial charge >= 0.3 is 0 Å². The number of halogens is 1. The number of aliphatic hydroxyl groups excluding tert-OH is 1. The first-order chi connectivity index (χ1) is 12.0. The average Bonchev–Trinajstić information content (AvgIpc) is 3.40. The second-order valence-corrected chi connectivity index (χ2v) is 6.55. The molecule has 0 amide bonds. The number of rotatable bonds is 8. The van der Waals surface area contributed by atoms with Crippen LogP contribution in [-0.4, -0.2) is 31.0 Å². The Morgan fingerprint density at radius 1 is 1.16 bits per heavy atom. The van der Waals surface area contributed by atoms with E-state index in [1.54, 1.807) is 0 Å². The maximum Gasteiger partial charge on any atom is 0.138 e. The number of hydrogen-bond donors (Lipinski definition) is 2. The number of hydrogen-bond acceptors (Lipinski definition) is 4.